The number of benzene rings is 1. The monoisotopic (exact) mass is 406 g/mol. The molecule has 0 N–H and O–H groups in total. The minimum absolute atomic E-state index is 0.579. The van der Waals surface area contributed by atoms with Crippen molar-refractivity contribution in [3.63, 3.8) is 0 Å². The molecule has 0 atom stereocenters. The van der Waals surface area contributed by atoms with Crippen LogP contribution in [0.5, 0.6) is 0 Å². The average Bonchev–Trinajstić information content (AvgIpc) is 3.39. The van der Waals surface area contributed by atoms with Crippen LogP contribution in [-0.4, -0.2) is 29.9 Å². The fourth-order valence-corrected chi connectivity index (χ4v) is 3.70. The lowest BCUT2D eigenvalue weighted by molar-refractivity contribution is 0.371. The zero-order chi connectivity index (χ0) is 19.9. The van der Waals surface area contributed by atoms with Crippen molar-refractivity contribution in [1.29, 1.82) is 0 Å². The Kier molecular flexibility index (Phi) is 6.31. The Bertz CT molecular complexity index is 1030. The molecular weight excluding hydrogens is 384 g/mol. The lowest BCUT2D eigenvalue weighted by atomic mass is 10.2. The second-order valence-corrected chi connectivity index (χ2v) is 7.56. The maximum Gasteiger partial charge on any atom is 0.226 e. The number of rotatable bonds is 9. The first-order valence-corrected chi connectivity index (χ1v) is 10.6. The van der Waals surface area contributed by atoms with Crippen molar-refractivity contribution in [2.75, 3.05) is 0 Å². The molecule has 0 radical (unpaired) electrons. The predicted octanol–water partition coefficient (Wildman–Crippen LogP) is 4.41. The summed E-state index contributed by atoms with van der Waals surface area (Å²) in [5.74, 6) is 2.75. The molecule has 4 aromatic rings. The van der Waals surface area contributed by atoms with E-state index in [4.69, 9.17) is 4.52 Å². The summed E-state index contributed by atoms with van der Waals surface area (Å²) in [5.41, 5.74) is 2.12. The largest absolute Gasteiger partial charge is 0.339 e. The van der Waals surface area contributed by atoms with Gasteiger partial charge < -0.3 is 4.52 Å². The molecule has 0 aliphatic rings. The second kappa shape index (κ2) is 9.47. The van der Waals surface area contributed by atoms with Gasteiger partial charge in [-0.1, -0.05) is 60.6 Å². The van der Waals surface area contributed by atoms with E-state index in [1.54, 1.807) is 24.2 Å². The molecule has 8 heteroatoms. The van der Waals surface area contributed by atoms with Gasteiger partial charge >= 0.3 is 0 Å². The zero-order valence-corrected chi connectivity index (χ0v) is 17.0. The van der Waals surface area contributed by atoms with E-state index >= 15 is 0 Å². The SMILES string of the molecule is CCCCc1nc(CSc2nnc(-c3cccnc3)n2Cc2ccccc2)no1. The first kappa shape index (κ1) is 19.3. The molecule has 0 bridgehead atoms. The van der Waals surface area contributed by atoms with Gasteiger partial charge in [-0.3, -0.25) is 9.55 Å². The van der Waals surface area contributed by atoms with E-state index in [-0.39, 0.29) is 0 Å². The van der Waals surface area contributed by atoms with Crippen LogP contribution in [0.15, 0.2) is 64.5 Å². The van der Waals surface area contributed by atoms with Crippen LogP contribution < -0.4 is 0 Å². The molecule has 0 spiro atoms. The number of aromatic nitrogens is 6. The van der Waals surface area contributed by atoms with Gasteiger partial charge in [-0.25, -0.2) is 0 Å². The molecule has 3 heterocycles. The topological polar surface area (TPSA) is 82.5 Å². The standard InChI is InChI=1S/C21H22N6OS/c1-2-3-11-19-23-18(26-28-19)15-29-21-25-24-20(17-10-7-12-22-13-17)27(21)14-16-8-5-4-6-9-16/h4-10,12-13H,2-3,11,14-15H2,1H3. The summed E-state index contributed by atoms with van der Waals surface area (Å²) in [6.45, 7) is 2.82. The summed E-state index contributed by atoms with van der Waals surface area (Å²) in [7, 11) is 0. The fraction of sp³-hybridized carbons (Fsp3) is 0.286. The molecule has 0 saturated carbocycles. The van der Waals surface area contributed by atoms with Gasteiger partial charge in [-0.05, 0) is 24.1 Å². The molecule has 7 nitrogen and oxygen atoms in total. The predicted molar refractivity (Wildman–Crippen MR) is 111 cm³/mol. The normalized spacial score (nSPS) is 11.1. The minimum Gasteiger partial charge on any atom is -0.339 e. The maximum absolute atomic E-state index is 5.33. The first-order valence-electron chi connectivity index (χ1n) is 9.65. The first-order chi connectivity index (χ1) is 14.3. The summed E-state index contributed by atoms with van der Waals surface area (Å²) < 4.78 is 7.44. The number of hydrogen-bond acceptors (Lipinski definition) is 7. The van der Waals surface area contributed by atoms with Crippen LogP contribution in [0.2, 0.25) is 0 Å². The molecule has 1 aromatic carbocycles. The number of hydrogen-bond donors (Lipinski definition) is 0. The van der Waals surface area contributed by atoms with E-state index in [0.29, 0.717) is 24.0 Å². The third-order valence-corrected chi connectivity index (χ3v) is 5.37. The Morgan fingerprint density at radius 1 is 1.07 bits per heavy atom. The van der Waals surface area contributed by atoms with Crippen LogP contribution in [0.25, 0.3) is 11.4 Å². The van der Waals surface area contributed by atoms with Crippen molar-refractivity contribution in [3.8, 4) is 11.4 Å². The zero-order valence-electron chi connectivity index (χ0n) is 16.2. The van der Waals surface area contributed by atoms with E-state index < -0.39 is 0 Å². The van der Waals surface area contributed by atoms with Crippen molar-refractivity contribution >= 4 is 11.8 Å². The fourth-order valence-electron chi connectivity index (χ4n) is 2.92. The molecule has 148 valence electrons. The molecular formula is C21H22N6OS. The van der Waals surface area contributed by atoms with E-state index in [0.717, 1.165) is 35.8 Å². The van der Waals surface area contributed by atoms with E-state index in [1.165, 1.54) is 5.56 Å². The summed E-state index contributed by atoms with van der Waals surface area (Å²) >= 11 is 1.56. The van der Waals surface area contributed by atoms with Gasteiger partial charge in [-0.15, -0.1) is 10.2 Å². The summed E-state index contributed by atoms with van der Waals surface area (Å²) in [5, 5.41) is 13.8. The smallest absolute Gasteiger partial charge is 0.226 e. The molecule has 4 rings (SSSR count). The van der Waals surface area contributed by atoms with Gasteiger partial charge in [0.05, 0.1) is 12.3 Å². The highest BCUT2D eigenvalue weighted by atomic mass is 32.2. The van der Waals surface area contributed by atoms with Gasteiger partial charge in [0.1, 0.15) is 0 Å². The minimum atomic E-state index is 0.579. The molecule has 0 saturated heterocycles. The Hall–Kier alpha value is -3.00. The Balaban J connectivity index is 1.56. The van der Waals surface area contributed by atoms with Crippen LogP contribution in [0.4, 0.5) is 0 Å². The average molecular weight is 407 g/mol. The van der Waals surface area contributed by atoms with Gasteiger partial charge in [0.2, 0.25) is 5.89 Å². The molecule has 3 aromatic heterocycles. The highest BCUT2D eigenvalue weighted by Gasteiger charge is 2.16. The second-order valence-electron chi connectivity index (χ2n) is 6.62. The van der Waals surface area contributed by atoms with Crippen molar-refractivity contribution in [1.82, 2.24) is 29.9 Å². The van der Waals surface area contributed by atoms with Crippen LogP contribution in [-0.2, 0) is 18.7 Å². The summed E-state index contributed by atoms with van der Waals surface area (Å²) in [4.78, 5) is 8.69. The number of thioether (sulfide) groups is 1. The Morgan fingerprint density at radius 2 is 1.97 bits per heavy atom. The van der Waals surface area contributed by atoms with Gasteiger partial charge in [-0.2, -0.15) is 4.98 Å². The highest BCUT2D eigenvalue weighted by molar-refractivity contribution is 7.98. The molecule has 0 amide bonds. The number of aryl methyl sites for hydroxylation is 1. The van der Waals surface area contributed by atoms with E-state index in [1.807, 2.05) is 30.3 Å². The van der Waals surface area contributed by atoms with Crippen LogP contribution in [0.1, 0.15) is 37.0 Å². The lowest BCUT2D eigenvalue weighted by Crippen LogP contribution is -2.04. The van der Waals surface area contributed by atoms with Gasteiger partial charge in [0, 0.05) is 24.4 Å². The van der Waals surface area contributed by atoms with E-state index in [2.05, 4.69) is 48.9 Å². The summed E-state index contributed by atoms with van der Waals surface area (Å²) in [6, 6.07) is 14.2. The van der Waals surface area contributed by atoms with Crippen molar-refractivity contribution < 1.29 is 4.52 Å². The molecule has 0 fully saturated rings. The van der Waals surface area contributed by atoms with Crippen LogP contribution >= 0.6 is 11.8 Å². The summed E-state index contributed by atoms with van der Waals surface area (Å²) in [6.07, 6.45) is 6.53. The molecule has 0 unspecified atom stereocenters. The van der Waals surface area contributed by atoms with E-state index in [9.17, 15) is 0 Å². The van der Waals surface area contributed by atoms with Crippen molar-refractivity contribution in [3.05, 3.63) is 72.1 Å². The third-order valence-electron chi connectivity index (χ3n) is 4.40. The van der Waals surface area contributed by atoms with Crippen LogP contribution in [0.3, 0.4) is 0 Å². The molecule has 0 aliphatic heterocycles. The lowest BCUT2D eigenvalue weighted by Gasteiger charge is -2.10. The molecule has 29 heavy (non-hydrogen) atoms. The van der Waals surface area contributed by atoms with Gasteiger partial charge in [0.15, 0.2) is 16.8 Å². The number of pyridine rings is 1. The highest BCUT2D eigenvalue weighted by Crippen LogP contribution is 2.26. The number of unbranched alkanes of at least 4 members (excludes halogenated alkanes) is 1. The quantitative estimate of drug-likeness (QED) is 0.381. The van der Waals surface area contributed by atoms with Crippen molar-refractivity contribution in [2.45, 2.75) is 43.6 Å². The Morgan fingerprint density at radius 3 is 2.76 bits per heavy atom. The Labute approximate surface area is 173 Å². The van der Waals surface area contributed by atoms with Crippen LogP contribution in [0, 0.1) is 0 Å². The van der Waals surface area contributed by atoms with Crippen molar-refractivity contribution in [2.24, 2.45) is 0 Å². The van der Waals surface area contributed by atoms with Gasteiger partial charge in [0.25, 0.3) is 0 Å². The molecule has 0 aliphatic carbocycles. The number of nitrogens with zero attached hydrogens (tertiary/aromatic N) is 6. The third kappa shape index (κ3) is 4.89. The maximum atomic E-state index is 5.33.